The first-order valence-corrected chi connectivity index (χ1v) is 9.62. The average molecular weight is 415 g/mol. The molecule has 1 aromatic carbocycles. The van der Waals surface area contributed by atoms with Gasteiger partial charge in [-0.15, -0.1) is 11.3 Å². The number of nitrogens with zero attached hydrogens (tertiary/aromatic N) is 3. The molecule has 3 aromatic rings. The number of Topliss-reactive ketones (excluding diaryl/α,β-unsaturated/α-hetero) is 1. The number of methoxy groups -OCH3 is 2. The topological polar surface area (TPSA) is 92.5 Å². The van der Waals surface area contributed by atoms with Crippen molar-refractivity contribution in [1.82, 2.24) is 14.8 Å². The molecule has 0 fully saturated rings. The van der Waals surface area contributed by atoms with Gasteiger partial charge in [-0.25, -0.2) is 9.78 Å². The summed E-state index contributed by atoms with van der Waals surface area (Å²) in [7, 11) is 4.84. The smallest absolute Gasteiger partial charge is 0.380 e. The van der Waals surface area contributed by atoms with Crippen LogP contribution in [0.3, 0.4) is 0 Å². The first-order valence-electron chi connectivity index (χ1n) is 8.74. The van der Waals surface area contributed by atoms with Crippen molar-refractivity contribution < 1.29 is 23.8 Å². The molecule has 9 heteroatoms. The number of aryl methyl sites for hydroxylation is 2. The predicted molar refractivity (Wildman–Crippen MR) is 107 cm³/mol. The second kappa shape index (κ2) is 8.44. The van der Waals surface area contributed by atoms with Crippen molar-refractivity contribution in [3.8, 4) is 22.1 Å². The first-order chi connectivity index (χ1) is 13.9. The summed E-state index contributed by atoms with van der Waals surface area (Å²) in [5, 5.41) is 6.62. The SMILES string of the molecule is COc1cccc(-c2nc(COC(=O)C(=O)c3c(C)nn(C)c3C)cs2)c1OC. The Morgan fingerprint density at radius 2 is 1.93 bits per heavy atom. The molecule has 0 radical (unpaired) electrons. The number of hydrogen-bond acceptors (Lipinski definition) is 8. The van der Waals surface area contributed by atoms with Gasteiger partial charge in [0.2, 0.25) is 0 Å². The molecular formula is C20H21N3O5S. The summed E-state index contributed by atoms with van der Waals surface area (Å²) >= 11 is 1.38. The van der Waals surface area contributed by atoms with Crippen molar-refractivity contribution >= 4 is 23.1 Å². The Labute approximate surface area is 172 Å². The van der Waals surface area contributed by atoms with Gasteiger partial charge in [-0.3, -0.25) is 9.48 Å². The van der Waals surface area contributed by atoms with Gasteiger partial charge in [0.1, 0.15) is 11.6 Å². The molecule has 0 aliphatic heterocycles. The maximum Gasteiger partial charge on any atom is 0.380 e. The highest BCUT2D eigenvalue weighted by Crippen LogP contribution is 2.39. The standard InChI is InChI=1S/C20H21N3O5S/c1-11-16(12(2)23(3)22-11)17(24)20(25)28-9-13-10-29-19(21-13)14-7-6-8-15(26-4)18(14)27-5/h6-8,10H,9H2,1-5H3. The van der Waals surface area contributed by atoms with E-state index in [0.29, 0.717) is 33.6 Å². The van der Waals surface area contributed by atoms with Crippen LogP contribution in [0.1, 0.15) is 27.4 Å². The molecule has 2 aromatic heterocycles. The van der Waals surface area contributed by atoms with Crippen LogP contribution in [0.4, 0.5) is 0 Å². The second-order valence-electron chi connectivity index (χ2n) is 6.26. The Kier molecular flexibility index (Phi) is 5.97. The van der Waals surface area contributed by atoms with Gasteiger partial charge in [-0.2, -0.15) is 5.10 Å². The van der Waals surface area contributed by atoms with Crippen LogP contribution in [0.15, 0.2) is 23.6 Å². The van der Waals surface area contributed by atoms with Crippen LogP contribution in [0.2, 0.25) is 0 Å². The Morgan fingerprint density at radius 1 is 1.17 bits per heavy atom. The molecule has 152 valence electrons. The monoisotopic (exact) mass is 415 g/mol. The summed E-state index contributed by atoms with van der Waals surface area (Å²) in [6, 6.07) is 5.51. The zero-order valence-electron chi connectivity index (χ0n) is 16.8. The molecule has 29 heavy (non-hydrogen) atoms. The van der Waals surface area contributed by atoms with Crippen molar-refractivity contribution in [2.75, 3.05) is 14.2 Å². The summed E-state index contributed by atoms with van der Waals surface area (Å²) in [6.45, 7) is 3.31. The lowest BCUT2D eigenvalue weighted by Gasteiger charge is -2.10. The van der Waals surface area contributed by atoms with E-state index in [0.717, 1.165) is 5.56 Å². The third-order valence-electron chi connectivity index (χ3n) is 4.46. The van der Waals surface area contributed by atoms with Crippen LogP contribution in [0, 0.1) is 13.8 Å². The number of para-hydroxylation sites is 1. The molecule has 0 spiro atoms. The third-order valence-corrected chi connectivity index (χ3v) is 5.38. The molecule has 0 aliphatic rings. The zero-order valence-corrected chi connectivity index (χ0v) is 17.6. The highest BCUT2D eigenvalue weighted by molar-refractivity contribution is 7.13. The molecule has 0 saturated carbocycles. The molecule has 8 nitrogen and oxygen atoms in total. The predicted octanol–water partition coefficient (Wildman–Crippen LogP) is 3.10. The van der Waals surface area contributed by atoms with Gasteiger partial charge in [0, 0.05) is 18.1 Å². The van der Waals surface area contributed by atoms with Crippen LogP contribution < -0.4 is 9.47 Å². The first kappa shape index (κ1) is 20.5. The van der Waals surface area contributed by atoms with Gasteiger partial charge >= 0.3 is 5.97 Å². The lowest BCUT2D eigenvalue weighted by atomic mass is 10.1. The zero-order chi connectivity index (χ0) is 21.1. The Morgan fingerprint density at radius 3 is 2.55 bits per heavy atom. The number of rotatable bonds is 7. The summed E-state index contributed by atoms with van der Waals surface area (Å²) < 4.78 is 17.5. The van der Waals surface area contributed by atoms with E-state index in [9.17, 15) is 9.59 Å². The van der Waals surface area contributed by atoms with Crippen molar-refractivity contribution in [3.05, 3.63) is 46.2 Å². The maximum atomic E-state index is 12.4. The van der Waals surface area contributed by atoms with Crippen molar-refractivity contribution in [2.45, 2.75) is 20.5 Å². The highest BCUT2D eigenvalue weighted by atomic mass is 32.1. The third kappa shape index (κ3) is 4.00. The van der Waals surface area contributed by atoms with Gasteiger partial charge < -0.3 is 14.2 Å². The minimum atomic E-state index is -0.933. The fourth-order valence-electron chi connectivity index (χ4n) is 2.96. The minimum Gasteiger partial charge on any atom is -0.493 e. The molecule has 0 unspecified atom stereocenters. The molecule has 0 amide bonds. The van der Waals surface area contributed by atoms with E-state index in [1.54, 1.807) is 51.2 Å². The van der Waals surface area contributed by atoms with Crippen LogP contribution in [-0.2, 0) is 23.2 Å². The number of aromatic nitrogens is 3. The minimum absolute atomic E-state index is 0.105. The summed E-state index contributed by atoms with van der Waals surface area (Å²) in [5.41, 5.74) is 2.69. The number of thiazole rings is 1. The van der Waals surface area contributed by atoms with Gasteiger partial charge in [0.15, 0.2) is 11.5 Å². The number of carbonyl (C=O) groups is 2. The van der Waals surface area contributed by atoms with Gasteiger partial charge in [0.05, 0.1) is 36.7 Å². The molecule has 3 rings (SSSR count). The van der Waals surface area contributed by atoms with E-state index in [1.165, 1.54) is 11.3 Å². The van der Waals surface area contributed by atoms with Gasteiger partial charge in [-0.05, 0) is 26.0 Å². The molecule has 0 atom stereocenters. The van der Waals surface area contributed by atoms with E-state index in [4.69, 9.17) is 14.2 Å². The summed E-state index contributed by atoms with van der Waals surface area (Å²) in [6.07, 6.45) is 0. The quantitative estimate of drug-likeness (QED) is 0.333. The summed E-state index contributed by atoms with van der Waals surface area (Å²) in [5.74, 6) is -0.470. The van der Waals surface area contributed by atoms with Crippen LogP contribution in [-0.4, -0.2) is 40.7 Å². The maximum absolute atomic E-state index is 12.4. The van der Waals surface area contributed by atoms with Crippen molar-refractivity contribution in [1.29, 1.82) is 0 Å². The lowest BCUT2D eigenvalue weighted by Crippen LogP contribution is -2.19. The number of ether oxygens (including phenoxy) is 3. The largest absolute Gasteiger partial charge is 0.493 e. The molecule has 0 N–H and O–H groups in total. The molecule has 2 heterocycles. The molecule has 0 bridgehead atoms. The van der Waals surface area contributed by atoms with Crippen LogP contribution >= 0.6 is 11.3 Å². The Hall–Kier alpha value is -3.20. The molecular weight excluding hydrogens is 394 g/mol. The van der Waals surface area contributed by atoms with E-state index >= 15 is 0 Å². The fraction of sp³-hybridized carbons (Fsp3) is 0.300. The normalized spacial score (nSPS) is 10.7. The second-order valence-corrected chi connectivity index (χ2v) is 7.12. The Bertz CT molecular complexity index is 1070. The molecule has 0 saturated heterocycles. The molecule has 0 aliphatic carbocycles. The van der Waals surface area contributed by atoms with E-state index in [2.05, 4.69) is 10.1 Å². The van der Waals surface area contributed by atoms with E-state index < -0.39 is 11.8 Å². The van der Waals surface area contributed by atoms with Gasteiger partial charge in [-0.1, -0.05) is 6.07 Å². The number of ketones is 1. The lowest BCUT2D eigenvalue weighted by molar-refractivity contribution is -0.139. The van der Waals surface area contributed by atoms with E-state index in [-0.39, 0.29) is 12.2 Å². The van der Waals surface area contributed by atoms with E-state index in [1.807, 2.05) is 12.1 Å². The van der Waals surface area contributed by atoms with Gasteiger partial charge in [0.25, 0.3) is 5.78 Å². The number of benzene rings is 1. The number of hydrogen-bond donors (Lipinski definition) is 0. The van der Waals surface area contributed by atoms with Crippen molar-refractivity contribution in [2.24, 2.45) is 7.05 Å². The highest BCUT2D eigenvalue weighted by Gasteiger charge is 2.25. The summed E-state index contributed by atoms with van der Waals surface area (Å²) in [4.78, 5) is 29.1. The van der Waals surface area contributed by atoms with Crippen LogP contribution in [0.5, 0.6) is 11.5 Å². The fourth-order valence-corrected chi connectivity index (χ4v) is 3.79. The number of esters is 1. The van der Waals surface area contributed by atoms with Crippen LogP contribution in [0.25, 0.3) is 10.6 Å². The average Bonchev–Trinajstić information content (AvgIpc) is 3.29. The number of carbonyl (C=O) groups excluding carboxylic acids is 2. The Balaban J connectivity index is 1.73. The van der Waals surface area contributed by atoms with Crippen molar-refractivity contribution in [3.63, 3.8) is 0 Å².